The summed E-state index contributed by atoms with van der Waals surface area (Å²) in [5.74, 6) is -0.540. The van der Waals surface area contributed by atoms with Crippen LogP contribution in [0.1, 0.15) is 131 Å². The van der Waals surface area contributed by atoms with Crippen LogP contribution in [-0.4, -0.2) is 25.2 Å². The zero-order valence-electron chi connectivity index (χ0n) is 20.8. The Morgan fingerprint density at radius 1 is 0.656 bits per heavy atom. The lowest BCUT2D eigenvalue weighted by Crippen LogP contribution is -2.17. The zero-order valence-corrected chi connectivity index (χ0v) is 20.8. The van der Waals surface area contributed by atoms with Crippen LogP contribution in [0, 0.1) is 5.92 Å². The number of carbonyl (C=O) groups excluding carboxylic acids is 2. The molecular weight excluding hydrogens is 400 g/mol. The second-order valence-electron chi connectivity index (χ2n) is 8.85. The minimum Gasteiger partial charge on any atom is -0.462 e. The molecule has 0 heterocycles. The highest BCUT2D eigenvalue weighted by Gasteiger charge is 2.19. The van der Waals surface area contributed by atoms with E-state index in [4.69, 9.17) is 9.47 Å². The summed E-state index contributed by atoms with van der Waals surface area (Å²) >= 11 is 0. The van der Waals surface area contributed by atoms with E-state index in [1.165, 1.54) is 64.2 Å². The van der Waals surface area contributed by atoms with Crippen molar-refractivity contribution in [2.24, 2.45) is 5.92 Å². The van der Waals surface area contributed by atoms with Gasteiger partial charge in [-0.1, -0.05) is 116 Å². The van der Waals surface area contributed by atoms with Crippen molar-refractivity contribution < 1.29 is 19.1 Å². The van der Waals surface area contributed by atoms with Crippen LogP contribution in [0.15, 0.2) is 24.3 Å². The number of hydrogen-bond donors (Lipinski definition) is 0. The van der Waals surface area contributed by atoms with E-state index < -0.39 is 11.9 Å². The summed E-state index contributed by atoms with van der Waals surface area (Å²) in [5, 5.41) is 0. The first kappa shape index (κ1) is 28.2. The molecule has 0 saturated carbocycles. The van der Waals surface area contributed by atoms with Crippen LogP contribution >= 0.6 is 0 Å². The van der Waals surface area contributed by atoms with Crippen LogP contribution in [0.2, 0.25) is 0 Å². The minimum absolute atomic E-state index is 0.290. The number of rotatable bonds is 19. The molecule has 0 saturated heterocycles. The van der Waals surface area contributed by atoms with Gasteiger partial charge < -0.3 is 9.47 Å². The largest absolute Gasteiger partial charge is 0.462 e. The molecule has 0 aliphatic carbocycles. The van der Waals surface area contributed by atoms with E-state index >= 15 is 0 Å². The van der Waals surface area contributed by atoms with Gasteiger partial charge in [0.15, 0.2) is 0 Å². The summed E-state index contributed by atoms with van der Waals surface area (Å²) in [6, 6.07) is 6.77. The average molecular weight is 447 g/mol. The molecule has 4 nitrogen and oxygen atoms in total. The Bertz CT molecular complexity index is 622. The van der Waals surface area contributed by atoms with Crippen molar-refractivity contribution >= 4 is 11.9 Å². The van der Waals surface area contributed by atoms with Gasteiger partial charge in [0.2, 0.25) is 0 Å². The lowest BCUT2D eigenvalue weighted by Gasteiger charge is -2.14. The Labute approximate surface area is 196 Å². The first-order valence-corrected chi connectivity index (χ1v) is 13.1. The van der Waals surface area contributed by atoms with Gasteiger partial charge in [0.1, 0.15) is 0 Å². The van der Waals surface area contributed by atoms with Gasteiger partial charge in [-0.15, -0.1) is 0 Å². The number of esters is 2. The van der Waals surface area contributed by atoms with Crippen LogP contribution in [0.25, 0.3) is 0 Å². The third-order valence-corrected chi connectivity index (χ3v) is 6.20. The smallest absolute Gasteiger partial charge is 0.339 e. The Morgan fingerprint density at radius 2 is 1.09 bits per heavy atom. The summed E-state index contributed by atoms with van der Waals surface area (Å²) in [7, 11) is 0. The molecule has 1 rings (SSSR count). The quantitative estimate of drug-likeness (QED) is 0.159. The van der Waals surface area contributed by atoms with Crippen molar-refractivity contribution in [2.45, 2.75) is 111 Å². The molecule has 0 aliphatic heterocycles. The SMILES string of the molecule is CCCCCCCCCCCCCCOC(=O)c1ccccc1C(=O)OCC(CC)CC. The van der Waals surface area contributed by atoms with Crippen molar-refractivity contribution in [3.8, 4) is 0 Å². The normalized spacial score (nSPS) is 11.0. The molecule has 4 heteroatoms. The third kappa shape index (κ3) is 12.3. The van der Waals surface area contributed by atoms with Crippen LogP contribution < -0.4 is 0 Å². The number of hydrogen-bond acceptors (Lipinski definition) is 4. The molecule has 0 aliphatic rings. The highest BCUT2D eigenvalue weighted by Crippen LogP contribution is 2.15. The van der Waals surface area contributed by atoms with Crippen molar-refractivity contribution in [3.63, 3.8) is 0 Å². The Kier molecular flexibility index (Phi) is 16.5. The molecule has 0 N–H and O–H groups in total. The highest BCUT2D eigenvalue weighted by atomic mass is 16.5. The molecule has 0 atom stereocenters. The predicted octanol–water partition coefficient (Wildman–Crippen LogP) is 8.14. The van der Waals surface area contributed by atoms with Crippen molar-refractivity contribution in [1.29, 1.82) is 0 Å². The number of carbonyl (C=O) groups is 2. The summed E-state index contributed by atoms with van der Waals surface area (Å²) in [4.78, 5) is 25.0. The lowest BCUT2D eigenvalue weighted by atomic mass is 10.0. The average Bonchev–Trinajstić information content (AvgIpc) is 2.82. The molecule has 32 heavy (non-hydrogen) atoms. The molecule has 1 aromatic rings. The van der Waals surface area contributed by atoms with E-state index in [9.17, 15) is 9.59 Å². The molecule has 0 spiro atoms. The monoisotopic (exact) mass is 446 g/mol. The van der Waals surface area contributed by atoms with Gasteiger partial charge in [0.25, 0.3) is 0 Å². The van der Waals surface area contributed by atoms with Crippen LogP contribution in [0.4, 0.5) is 0 Å². The summed E-state index contributed by atoms with van der Waals surface area (Å²) < 4.78 is 10.9. The second-order valence-corrected chi connectivity index (χ2v) is 8.85. The van der Waals surface area contributed by atoms with E-state index in [-0.39, 0.29) is 5.56 Å². The standard InChI is InChI=1S/C28H46O4/c1-4-7-8-9-10-11-12-13-14-15-16-19-22-31-27(29)25-20-17-18-21-26(25)28(30)32-23-24(5-2)6-3/h17-18,20-21,24H,4-16,19,22-23H2,1-3H3. The van der Waals surface area contributed by atoms with Gasteiger partial charge in [-0.2, -0.15) is 0 Å². The topological polar surface area (TPSA) is 52.6 Å². The Hall–Kier alpha value is -1.84. The predicted molar refractivity (Wildman–Crippen MR) is 132 cm³/mol. The molecule has 0 aromatic heterocycles. The maximum atomic E-state index is 12.5. The van der Waals surface area contributed by atoms with E-state index in [0.717, 1.165) is 25.7 Å². The molecule has 0 fully saturated rings. The van der Waals surface area contributed by atoms with Gasteiger partial charge in [-0.05, 0) is 24.5 Å². The number of unbranched alkanes of at least 4 members (excludes halogenated alkanes) is 11. The van der Waals surface area contributed by atoms with Crippen molar-refractivity contribution in [1.82, 2.24) is 0 Å². The lowest BCUT2D eigenvalue weighted by molar-refractivity contribution is 0.0408. The number of ether oxygens (including phenoxy) is 2. The molecule has 0 bridgehead atoms. The van der Waals surface area contributed by atoms with E-state index in [2.05, 4.69) is 20.8 Å². The fraction of sp³-hybridized carbons (Fsp3) is 0.714. The van der Waals surface area contributed by atoms with E-state index in [1.54, 1.807) is 24.3 Å². The first-order valence-electron chi connectivity index (χ1n) is 13.1. The van der Waals surface area contributed by atoms with Crippen LogP contribution in [0.5, 0.6) is 0 Å². The molecule has 0 unspecified atom stereocenters. The summed E-state index contributed by atoms with van der Waals surface area (Å²) in [5.41, 5.74) is 0.583. The Morgan fingerprint density at radius 3 is 1.56 bits per heavy atom. The van der Waals surface area contributed by atoms with E-state index in [0.29, 0.717) is 24.7 Å². The Balaban J connectivity index is 2.21. The zero-order chi connectivity index (χ0) is 23.4. The fourth-order valence-electron chi connectivity index (χ4n) is 3.82. The third-order valence-electron chi connectivity index (χ3n) is 6.20. The molecule has 1 aromatic carbocycles. The van der Waals surface area contributed by atoms with Crippen molar-refractivity contribution in [3.05, 3.63) is 35.4 Å². The van der Waals surface area contributed by atoms with E-state index in [1.807, 2.05) is 0 Å². The molecule has 0 amide bonds. The van der Waals surface area contributed by atoms with Crippen LogP contribution in [0.3, 0.4) is 0 Å². The molecular formula is C28H46O4. The molecule has 182 valence electrons. The van der Waals surface area contributed by atoms with Gasteiger partial charge in [-0.3, -0.25) is 0 Å². The maximum absolute atomic E-state index is 12.5. The minimum atomic E-state index is -0.449. The van der Waals surface area contributed by atoms with Gasteiger partial charge in [-0.25, -0.2) is 9.59 Å². The first-order chi connectivity index (χ1) is 15.6. The summed E-state index contributed by atoms with van der Waals surface area (Å²) in [6.45, 7) is 7.21. The van der Waals surface area contributed by atoms with Gasteiger partial charge in [0.05, 0.1) is 24.3 Å². The van der Waals surface area contributed by atoms with Gasteiger partial charge in [0, 0.05) is 0 Å². The summed E-state index contributed by atoms with van der Waals surface area (Å²) in [6.07, 6.45) is 17.2. The second kappa shape index (κ2) is 18.7. The highest BCUT2D eigenvalue weighted by molar-refractivity contribution is 6.03. The van der Waals surface area contributed by atoms with Crippen molar-refractivity contribution in [2.75, 3.05) is 13.2 Å². The van der Waals surface area contributed by atoms with Gasteiger partial charge >= 0.3 is 11.9 Å². The van der Waals surface area contributed by atoms with Crippen LogP contribution in [-0.2, 0) is 9.47 Å². The number of benzene rings is 1. The fourth-order valence-corrected chi connectivity index (χ4v) is 3.82. The molecule has 0 radical (unpaired) electrons. The maximum Gasteiger partial charge on any atom is 0.339 e.